The second kappa shape index (κ2) is 4.74. The zero-order chi connectivity index (χ0) is 12.3. The Kier molecular flexibility index (Phi) is 3.14. The lowest BCUT2D eigenvalue weighted by atomic mass is 10.2. The summed E-state index contributed by atoms with van der Waals surface area (Å²) in [6, 6.07) is 10.00. The summed E-state index contributed by atoms with van der Waals surface area (Å²) in [5.74, 6) is -0.903. The molecule has 2 rings (SSSR count). The van der Waals surface area contributed by atoms with E-state index in [1.165, 1.54) is 12.3 Å². The number of aromatic nitrogens is 1. The average Bonchev–Trinajstić information content (AvgIpc) is 2.29. The molecule has 0 fully saturated rings. The maximum Gasteiger partial charge on any atom is 0.257 e. The van der Waals surface area contributed by atoms with Gasteiger partial charge >= 0.3 is 0 Å². The van der Waals surface area contributed by atoms with Crippen LogP contribution in [0, 0.1) is 12.9 Å². The van der Waals surface area contributed by atoms with Crippen molar-refractivity contribution in [1.29, 1.82) is 0 Å². The lowest BCUT2D eigenvalue weighted by molar-refractivity contribution is 0.102. The molecule has 0 atom stereocenters. The molecule has 0 saturated heterocycles. The van der Waals surface area contributed by atoms with Gasteiger partial charge in [0.15, 0.2) is 0 Å². The van der Waals surface area contributed by atoms with E-state index < -0.39 is 5.95 Å². The lowest BCUT2D eigenvalue weighted by Crippen LogP contribution is -2.12. The molecule has 0 saturated carbocycles. The van der Waals surface area contributed by atoms with Crippen molar-refractivity contribution >= 4 is 11.6 Å². The number of benzene rings is 1. The molecule has 1 amide bonds. The Hall–Kier alpha value is -2.23. The van der Waals surface area contributed by atoms with Crippen molar-refractivity contribution in [1.82, 2.24) is 4.98 Å². The number of carbonyl (C=O) groups excluding carboxylic acids is 1. The number of nitrogens with zero attached hydrogens (tertiary/aromatic N) is 1. The van der Waals surface area contributed by atoms with Gasteiger partial charge in [-0.1, -0.05) is 12.1 Å². The van der Waals surface area contributed by atoms with Gasteiger partial charge in [0.05, 0.1) is 5.56 Å². The van der Waals surface area contributed by atoms with Crippen molar-refractivity contribution in [2.75, 3.05) is 5.32 Å². The zero-order valence-electron chi connectivity index (χ0n) is 9.27. The minimum Gasteiger partial charge on any atom is -0.322 e. The predicted molar refractivity (Wildman–Crippen MR) is 63.3 cm³/mol. The molecule has 86 valence electrons. The summed E-state index contributed by atoms with van der Waals surface area (Å²) in [5, 5.41) is 2.72. The van der Waals surface area contributed by atoms with E-state index in [0.717, 1.165) is 11.6 Å². The van der Waals surface area contributed by atoms with Crippen LogP contribution in [-0.4, -0.2) is 10.9 Å². The molecular weight excluding hydrogens is 219 g/mol. The topological polar surface area (TPSA) is 42.0 Å². The quantitative estimate of drug-likeness (QED) is 0.806. The zero-order valence-corrected chi connectivity index (χ0v) is 9.27. The van der Waals surface area contributed by atoms with Crippen LogP contribution < -0.4 is 5.32 Å². The lowest BCUT2D eigenvalue weighted by Gasteiger charge is -2.05. The number of pyridine rings is 1. The van der Waals surface area contributed by atoms with Gasteiger partial charge in [0.1, 0.15) is 0 Å². The van der Waals surface area contributed by atoms with Crippen molar-refractivity contribution in [3.8, 4) is 0 Å². The van der Waals surface area contributed by atoms with E-state index in [1.54, 1.807) is 6.07 Å². The molecule has 1 N–H and O–H groups in total. The molecule has 0 aliphatic carbocycles. The standard InChI is InChI=1S/C13H11FN2O/c1-9-3-2-4-11(7-9)16-13(17)10-5-6-12(14)15-8-10/h2-8H,1H3,(H,16,17). The number of amides is 1. The fourth-order valence-corrected chi connectivity index (χ4v) is 1.44. The molecule has 2 aromatic rings. The second-order valence-corrected chi connectivity index (χ2v) is 3.69. The van der Waals surface area contributed by atoms with Gasteiger partial charge in [-0.3, -0.25) is 4.79 Å². The first-order chi connectivity index (χ1) is 8.15. The molecule has 1 heterocycles. The number of anilines is 1. The second-order valence-electron chi connectivity index (χ2n) is 3.69. The number of aryl methyl sites for hydroxylation is 1. The molecule has 0 spiro atoms. The summed E-state index contributed by atoms with van der Waals surface area (Å²) < 4.78 is 12.6. The fourth-order valence-electron chi connectivity index (χ4n) is 1.44. The van der Waals surface area contributed by atoms with Crippen LogP contribution in [0.5, 0.6) is 0 Å². The Bertz CT molecular complexity index is 537. The summed E-state index contributed by atoms with van der Waals surface area (Å²) in [7, 11) is 0. The number of nitrogens with one attached hydrogen (secondary N) is 1. The van der Waals surface area contributed by atoms with Gasteiger partial charge in [0.2, 0.25) is 5.95 Å². The van der Waals surface area contributed by atoms with Gasteiger partial charge in [-0.15, -0.1) is 0 Å². The Morgan fingerprint density at radius 2 is 2.12 bits per heavy atom. The Labute approximate surface area is 98.3 Å². The largest absolute Gasteiger partial charge is 0.322 e. The SMILES string of the molecule is Cc1cccc(NC(=O)c2ccc(F)nc2)c1. The van der Waals surface area contributed by atoms with E-state index in [0.29, 0.717) is 11.3 Å². The van der Waals surface area contributed by atoms with Gasteiger partial charge < -0.3 is 5.32 Å². The summed E-state index contributed by atoms with van der Waals surface area (Å²) >= 11 is 0. The van der Waals surface area contributed by atoms with Gasteiger partial charge in [-0.25, -0.2) is 4.98 Å². The van der Waals surface area contributed by atoms with Crippen LogP contribution in [0.4, 0.5) is 10.1 Å². The molecular formula is C13H11FN2O. The molecule has 0 aliphatic heterocycles. The average molecular weight is 230 g/mol. The van der Waals surface area contributed by atoms with Crippen LogP contribution in [0.2, 0.25) is 0 Å². The number of halogens is 1. The van der Waals surface area contributed by atoms with E-state index in [9.17, 15) is 9.18 Å². The van der Waals surface area contributed by atoms with Gasteiger partial charge in [-0.05, 0) is 36.8 Å². The molecule has 0 radical (unpaired) electrons. The molecule has 0 aliphatic rings. The van der Waals surface area contributed by atoms with E-state index in [-0.39, 0.29) is 5.91 Å². The summed E-state index contributed by atoms with van der Waals surface area (Å²) in [5.41, 5.74) is 2.09. The summed E-state index contributed by atoms with van der Waals surface area (Å²) in [6.07, 6.45) is 1.21. The van der Waals surface area contributed by atoms with Crippen LogP contribution in [0.25, 0.3) is 0 Å². The van der Waals surface area contributed by atoms with Crippen LogP contribution in [0.1, 0.15) is 15.9 Å². The van der Waals surface area contributed by atoms with Crippen molar-refractivity contribution in [3.05, 3.63) is 59.7 Å². The first kappa shape index (κ1) is 11.3. The Morgan fingerprint density at radius 1 is 1.29 bits per heavy atom. The third kappa shape index (κ3) is 2.87. The van der Waals surface area contributed by atoms with Crippen molar-refractivity contribution in [3.63, 3.8) is 0 Å². The van der Waals surface area contributed by atoms with Gasteiger partial charge in [0, 0.05) is 11.9 Å². The third-order valence-electron chi connectivity index (χ3n) is 2.27. The maximum absolute atomic E-state index is 12.6. The first-order valence-electron chi connectivity index (χ1n) is 5.15. The van der Waals surface area contributed by atoms with Crippen molar-refractivity contribution in [2.24, 2.45) is 0 Å². The number of carbonyl (C=O) groups is 1. The highest BCUT2D eigenvalue weighted by Gasteiger charge is 2.06. The van der Waals surface area contributed by atoms with Crippen molar-refractivity contribution in [2.45, 2.75) is 6.92 Å². The summed E-state index contributed by atoms with van der Waals surface area (Å²) in [6.45, 7) is 1.94. The van der Waals surface area contributed by atoms with Gasteiger partial charge in [0.25, 0.3) is 5.91 Å². The monoisotopic (exact) mass is 230 g/mol. The molecule has 0 bridgehead atoms. The van der Waals surface area contributed by atoms with Crippen LogP contribution in [0.3, 0.4) is 0 Å². The Balaban J connectivity index is 2.14. The first-order valence-corrected chi connectivity index (χ1v) is 5.15. The third-order valence-corrected chi connectivity index (χ3v) is 2.27. The predicted octanol–water partition coefficient (Wildman–Crippen LogP) is 2.78. The van der Waals surface area contributed by atoms with E-state index in [4.69, 9.17) is 0 Å². The number of rotatable bonds is 2. The van der Waals surface area contributed by atoms with Gasteiger partial charge in [-0.2, -0.15) is 4.39 Å². The molecule has 1 aromatic heterocycles. The number of hydrogen-bond donors (Lipinski definition) is 1. The van der Waals surface area contributed by atoms with E-state index in [2.05, 4.69) is 10.3 Å². The molecule has 17 heavy (non-hydrogen) atoms. The van der Waals surface area contributed by atoms with Crippen LogP contribution in [0.15, 0.2) is 42.6 Å². The Morgan fingerprint density at radius 3 is 2.76 bits per heavy atom. The highest BCUT2D eigenvalue weighted by atomic mass is 19.1. The highest BCUT2D eigenvalue weighted by Crippen LogP contribution is 2.11. The highest BCUT2D eigenvalue weighted by molar-refractivity contribution is 6.04. The summed E-state index contributed by atoms with van der Waals surface area (Å²) in [4.78, 5) is 15.2. The minimum absolute atomic E-state index is 0.303. The molecule has 4 heteroatoms. The molecule has 0 unspecified atom stereocenters. The van der Waals surface area contributed by atoms with Crippen LogP contribution in [-0.2, 0) is 0 Å². The molecule has 3 nitrogen and oxygen atoms in total. The molecule has 1 aromatic carbocycles. The number of hydrogen-bond acceptors (Lipinski definition) is 2. The normalized spacial score (nSPS) is 10.0. The van der Waals surface area contributed by atoms with Crippen LogP contribution >= 0.6 is 0 Å². The van der Waals surface area contributed by atoms with Crippen molar-refractivity contribution < 1.29 is 9.18 Å². The minimum atomic E-state index is -0.600. The van der Waals surface area contributed by atoms with E-state index in [1.807, 2.05) is 25.1 Å². The van der Waals surface area contributed by atoms with E-state index >= 15 is 0 Å². The fraction of sp³-hybridized carbons (Fsp3) is 0.0769. The maximum atomic E-state index is 12.6. The smallest absolute Gasteiger partial charge is 0.257 e.